The Bertz CT molecular complexity index is 1090. The maximum atomic E-state index is 12.5. The highest BCUT2D eigenvalue weighted by Gasteiger charge is 2.31. The summed E-state index contributed by atoms with van der Waals surface area (Å²) < 4.78 is 11.1. The quantitative estimate of drug-likeness (QED) is 0.483. The fourth-order valence-electron chi connectivity index (χ4n) is 5.00. The Labute approximate surface area is 202 Å². The zero-order chi connectivity index (χ0) is 22.8. The van der Waals surface area contributed by atoms with Crippen LogP contribution in [0.1, 0.15) is 42.2 Å². The van der Waals surface area contributed by atoms with Gasteiger partial charge in [0.25, 0.3) is 0 Å². The number of ether oxygens (including phenoxy) is 2. The summed E-state index contributed by atoms with van der Waals surface area (Å²) in [5.74, 6) is 1.91. The molecule has 1 amide bonds. The summed E-state index contributed by atoms with van der Waals surface area (Å²) in [4.78, 5) is 20.8. The van der Waals surface area contributed by atoms with E-state index in [9.17, 15) is 4.79 Å². The molecule has 33 heavy (non-hydrogen) atoms. The standard InChI is InChI=1S/C25H29N3O3S2/c1-28(2)23(21-4-3-13-32-21)16-5-8-19(9-6-16)26-25(29)31-22-15-33-24(27-22)18-7-10-20-17(14-18)11-12-30-20/h3-4,7,10,13-16,19,23H,5-6,8-9,11-12H2,1-2H3,(H,26,29). The Balaban J connectivity index is 1.13. The number of rotatable bonds is 6. The van der Waals surface area contributed by atoms with Gasteiger partial charge in [0.15, 0.2) is 0 Å². The van der Waals surface area contributed by atoms with Gasteiger partial charge in [-0.1, -0.05) is 6.07 Å². The molecule has 1 aliphatic carbocycles. The summed E-state index contributed by atoms with van der Waals surface area (Å²) in [7, 11) is 4.31. The van der Waals surface area contributed by atoms with E-state index in [1.54, 1.807) is 5.38 Å². The molecule has 1 aliphatic heterocycles. The number of thiazole rings is 1. The molecule has 1 saturated carbocycles. The highest BCUT2D eigenvalue weighted by Crippen LogP contribution is 2.39. The van der Waals surface area contributed by atoms with E-state index in [1.807, 2.05) is 23.5 Å². The number of carbonyl (C=O) groups is 1. The second-order valence-corrected chi connectivity index (χ2v) is 10.8. The number of fused-ring (bicyclic) bond motifs is 1. The Morgan fingerprint density at radius 3 is 2.82 bits per heavy atom. The first-order chi connectivity index (χ1) is 16.1. The topological polar surface area (TPSA) is 63.7 Å². The van der Waals surface area contributed by atoms with Crippen LogP contribution in [-0.4, -0.2) is 42.7 Å². The fourth-order valence-corrected chi connectivity index (χ4v) is 6.73. The van der Waals surface area contributed by atoms with Crippen LogP contribution in [0.15, 0.2) is 41.1 Å². The molecule has 3 heterocycles. The van der Waals surface area contributed by atoms with E-state index in [2.05, 4.69) is 52.9 Å². The molecule has 1 N–H and O–H groups in total. The molecule has 6 nitrogen and oxygen atoms in total. The van der Waals surface area contributed by atoms with Gasteiger partial charge in [0.05, 0.1) is 12.0 Å². The molecule has 0 saturated heterocycles. The lowest BCUT2D eigenvalue weighted by molar-refractivity contribution is 0.152. The third-order valence-electron chi connectivity index (χ3n) is 6.55. The Morgan fingerprint density at radius 1 is 1.21 bits per heavy atom. The van der Waals surface area contributed by atoms with Crippen molar-refractivity contribution in [2.24, 2.45) is 5.92 Å². The van der Waals surface area contributed by atoms with E-state index >= 15 is 0 Å². The highest BCUT2D eigenvalue weighted by atomic mass is 32.1. The van der Waals surface area contributed by atoms with Crippen LogP contribution in [-0.2, 0) is 6.42 Å². The average Bonchev–Trinajstić information content (AvgIpc) is 3.56. The van der Waals surface area contributed by atoms with Gasteiger partial charge >= 0.3 is 6.09 Å². The van der Waals surface area contributed by atoms with Gasteiger partial charge in [0.2, 0.25) is 5.88 Å². The van der Waals surface area contributed by atoms with Crippen molar-refractivity contribution in [2.45, 2.75) is 44.2 Å². The first-order valence-electron chi connectivity index (χ1n) is 11.5. The van der Waals surface area contributed by atoms with E-state index in [1.165, 1.54) is 21.8 Å². The minimum absolute atomic E-state index is 0.148. The van der Waals surface area contributed by atoms with E-state index in [4.69, 9.17) is 9.47 Å². The van der Waals surface area contributed by atoms with Crippen molar-refractivity contribution in [1.29, 1.82) is 0 Å². The van der Waals surface area contributed by atoms with Crippen LogP contribution in [0, 0.1) is 5.92 Å². The lowest BCUT2D eigenvalue weighted by atomic mass is 9.80. The highest BCUT2D eigenvalue weighted by molar-refractivity contribution is 7.13. The summed E-state index contributed by atoms with van der Waals surface area (Å²) in [6.45, 7) is 0.733. The van der Waals surface area contributed by atoms with E-state index < -0.39 is 6.09 Å². The maximum Gasteiger partial charge on any atom is 0.414 e. The van der Waals surface area contributed by atoms with Gasteiger partial charge in [-0.3, -0.25) is 0 Å². The summed E-state index contributed by atoms with van der Waals surface area (Å²) in [5, 5.41) is 7.83. The van der Waals surface area contributed by atoms with Gasteiger partial charge in [-0.15, -0.1) is 22.7 Å². The molecule has 1 unspecified atom stereocenters. The number of hydrogen-bond donors (Lipinski definition) is 1. The normalized spacial score (nSPS) is 20.8. The first-order valence-corrected chi connectivity index (χ1v) is 13.2. The molecule has 2 aromatic heterocycles. The number of aromatic nitrogens is 1. The van der Waals surface area contributed by atoms with Gasteiger partial charge in [-0.25, -0.2) is 9.78 Å². The molecule has 1 aromatic carbocycles. The van der Waals surface area contributed by atoms with Crippen molar-refractivity contribution in [3.8, 4) is 22.2 Å². The summed E-state index contributed by atoms with van der Waals surface area (Å²) >= 11 is 3.31. The molecule has 1 atom stereocenters. The van der Waals surface area contributed by atoms with Crippen LogP contribution in [0.2, 0.25) is 0 Å². The fraction of sp³-hybridized carbons (Fsp3) is 0.440. The van der Waals surface area contributed by atoms with Gasteiger partial charge in [0, 0.05) is 28.9 Å². The van der Waals surface area contributed by atoms with Gasteiger partial charge in [-0.05, 0) is 80.9 Å². The lowest BCUT2D eigenvalue weighted by Gasteiger charge is -2.36. The average molecular weight is 484 g/mol. The summed E-state index contributed by atoms with van der Waals surface area (Å²) in [6, 6.07) is 11.1. The van der Waals surface area contributed by atoms with Gasteiger partial charge in [-0.2, -0.15) is 0 Å². The maximum absolute atomic E-state index is 12.5. The summed E-state index contributed by atoms with van der Waals surface area (Å²) in [6.07, 6.45) is 4.62. The van der Waals surface area contributed by atoms with Crippen molar-refractivity contribution in [2.75, 3.05) is 20.7 Å². The molecule has 0 radical (unpaired) electrons. The molecular formula is C25H29N3O3S2. The third-order valence-corrected chi connectivity index (χ3v) is 8.36. The lowest BCUT2D eigenvalue weighted by Crippen LogP contribution is -2.41. The zero-order valence-corrected chi connectivity index (χ0v) is 20.6. The molecular weight excluding hydrogens is 454 g/mol. The van der Waals surface area contributed by atoms with E-state index in [-0.39, 0.29) is 6.04 Å². The number of thiophene rings is 1. The number of amides is 1. The van der Waals surface area contributed by atoms with Gasteiger partial charge in [0.1, 0.15) is 10.8 Å². The van der Waals surface area contributed by atoms with Crippen molar-refractivity contribution < 1.29 is 14.3 Å². The van der Waals surface area contributed by atoms with Crippen molar-refractivity contribution in [3.63, 3.8) is 0 Å². The van der Waals surface area contributed by atoms with E-state index in [0.717, 1.165) is 55.0 Å². The Kier molecular flexibility index (Phi) is 6.66. The summed E-state index contributed by atoms with van der Waals surface area (Å²) in [5.41, 5.74) is 2.23. The third kappa shape index (κ3) is 5.08. The number of nitrogens with zero attached hydrogens (tertiary/aromatic N) is 2. The van der Waals surface area contributed by atoms with Crippen LogP contribution in [0.4, 0.5) is 4.79 Å². The largest absolute Gasteiger partial charge is 0.493 e. The molecule has 0 bridgehead atoms. The number of benzene rings is 1. The number of nitrogens with one attached hydrogen (secondary N) is 1. The van der Waals surface area contributed by atoms with Crippen molar-refractivity contribution in [1.82, 2.24) is 15.2 Å². The monoisotopic (exact) mass is 483 g/mol. The molecule has 5 rings (SSSR count). The van der Waals surface area contributed by atoms with E-state index in [0.29, 0.717) is 17.8 Å². The second kappa shape index (κ2) is 9.83. The first kappa shape index (κ1) is 22.4. The van der Waals surface area contributed by atoms with Crippen LogP contribution in [0.3, 0.4) is 0 Å². The van der Waals surface area contributed by atoms with Crippen LogP contribution in [0.25, 0.3) is 10.6 Å². The van der Waals surface area contributed by atoms with Crippen LogP contribution in [0.5, 0.6) is 11.6 Å². The van der Waals surface area contributed by atoms with Crippen molar-refractivity contribution >= 4 is 28.8 Å². The smallest absolute Gasteiger partial charge is 0.414 e. The van der Waals surface area contributed by atoms with Crippen LogP contribution < -0.4 is 14.8 Å². The molecule has 174 valence electrons. The van der Waals surface area contributed by atoms with Crippen molar-refractivity contribution in [3.05, 3.63) is 51.5 Å². The number of carbonyl (C=O) groups excluding carboxylic acids is 1. The molecule has 0 spiro atoms. The van der Waals surface area contributed by atoms with Gasteiger partial charge < -0.3 is 19.7 Å². The second-order valence-electron chi connectivity index (χ2n) is 8.98. The van der Waals surface area contributed by atoms with Crippen LogP contribution >= 0.6 is 22.7 Å². The minimum Gasteiger partial charge on any atom is -0.493 e. The Morgan fingerprint density at radius 2 is 2.06 bits per heavy atom. The molecule has 8 heteroatoms. The molecule has 3 aromatic rings. The zero-order valence-electron chi connectivity index (χ0n) is 19.0. The predicted molar refractivity (Wildman–Crippen MR) is 132 cm³/mol. The minimum atomic E-state index is -0.417. The number of hydrogen-bond acceptors (Lipinski definition) is 7. The molecule has 2 aliphatic rings. The Hall–Kier alpha value is -2.42. The predicted octanol–water partition coefficient (Wildman–Crippen LogP) is 5.76. The SMILES string of the molecule is CN(C)C(c1cccs1)C1CCC(NC(=O)Oc2csc(-c3ccc4c(c3)CCO4)n2)CC1. The molecule has 1 fully saturated rings.